The van der Waals surface area contributed by atoms with Gasteiger partial charge in [-0.25, -0.2) is 0 Å². The van der Waals surface area contributed by atoms with Crippen molar-refractivity contribution >= 4 is 0 Å². The Morgan fingerprint density at radius 3 is 2.45 bits per heavy atom. The molecular weight excluding hydrogens is 138 g/mol. The third kappa shape index (κ3) is 2.17. The molecule has 0 heterocycles. The van der Waals surface area contributed by atoms with Gasteiger partial charge in [0.25, 0.3) is 0 Å². The van der Waals surface area contributed by atoms with Gasteiger partial charge in [-0.1, -0.05) is 13.8 Å². The van der Waals surface area contributed by atoms with Crippen LogP contribution in [0.15, 0.2) is 0 Å². The summed E-state index contributed by atoms with van der Waals surface area (Å²) in [6, 6.07) is 0.0324. The van der Waals surface area contributed by atoms with Gasteiger partial charge in [-0.2, -0.15) is 0 Å². The summed E-state index contributed by atoms with van der Waals surface area (Å²) < 4.78 is 0. The van der Waals surface area contributed by atoms with Crippen LogP contribution >= 0.6 is 0 Å². The van der Waals surface area contributed by atoms with E-state index >= 15 is 0 Å². The van der Waals surface area contributed by atoms with E-state index in [-0.39, 0.29) is 12.1 Å². The van der Waals surface area contributed by atoms with Crippen LogP contribution < -0.4 is 5.73 Å². The molecule has 2 heteroatoms. The van der Waals surface area contributed by atoms with Gasteiger partial charge in [-0.05, 0) is 31.1 Å². The maximum atomic E-state index is 9.47. The third-order valence-electron chi connectivity index (χ3n) is 2.85. The molecule has 0 aromatic rings. The van der Waals surface area contributed by atoms with Gasteiger partial charge in [0, 0.05) is 6.04 Å². The normalized spacial score (nSPS) is 39.5. The first-order valence-electron chi connectivity index (χ1n) is 4.55. The summed E-state index contributed by atoms with van der Waals surface area (Å²) in [5, 5.41) is 9.47. The quantitative estimate of drug-likeness (QED) is 0.599. The molecule has 1 aliphatic rings. The predicted octanol–water partition coefficient (Wildman–Crippen LogP) is 1.13. The van der Waals surface area contributed by atoms with Gasteiger partial charge in [-0.15, -0.1) is 0 Å². The second-order valence-corrected chi connectivity index (χ2v) is 4.05. The van der Waals surface area contributed by atoms with Gasteiger partial charge in [-0.3, -0.25) is 0 Å². The van der Waals surface area contributed by atoms with Gasteiger partial charge in [0.1, 0.15) is 0 Å². The van der Waals surface area contributed by atoms with E-state index < -0.39 is 0 Å². The topological polar surface area (TPSA) is 46.2 Å². The smallest absolute Gasteiger partial charge is 0.0693 e. The van der Waals surface area contributed by atoms with Crippen LogP contribution in [0, 0.1) is 11.8 Å². The number of hydrogen-bond donors (Lipinski definition) is 2. The second-order valence-electron chi connectivity index (χ2n) is 4.05. The highest BCUT2D eigenvalue weighted by Gasteiger charge is 2.27. The first kappa shape index (κ1) is 9.01. The Labute approximate surface area is 68.8 Å². The zero-order valence-electron chi connectivity index (χ0n) is 7.46. The lowest BCUT2D eigenvalue weighted by molar-refractivity contribution is 0.0671. The number of rotatable bonds is 1. The molecule has 2 nitrogen and oxygen atoms in total. The zero-order chi connectivity index (χ0) is 8.43. The highest BCUT2D eigenvalue weighted by molar-refractivity contribution is 4.82. The second kappa shape index (κ2) is 3.55. The maximum absolute atomic E-state index is 9.47. The summed E-state index contributed by atoms with van der Waals surface area (Å²) in [5.74, 6) is 1.38. The van der Waals surface area contributed by atoms with Crippen molar-refractivity contribution in [3.05, 3.63) is 0 Å². The van der Waals surface area contributed by atoms with Crippen molar-refractivity contribution in [3.8, 4) is 0 Å². The fourth-order valence-electron chi connectivity index (χ4n) is 1.81. The summed E-state index contributed by atoms with van der Waals surface area (Å²) in [4.78, 5) is 0. The van der Waals surface area contributed by atoms with Gasteiger partial charge in [0.2, 0.25) is 0 Å². The molecule has 11 heavy (non-hydrogen) atoms. The fourth-order valence-corrected chi connectivity index (χ4v) is 1.81. The molecule has 0 spiro atoms. The van der Waals surface area contributed by atoms with Gasteiger partial charge < -0.3 is 10.8 Å². The minimum absolute atomic E-state index is 0.0324. The standard InChI is InChI=1S/C9H19NO/c1-6(2)7-3-4-8(10)9(11)5-7/h6-9,11H,3-5,10H2,1-2H3/t7-,8-,9?/m0/s1. The first-order chi connectivity index (χ1) is 5.11. The largest absolute Gasteiger partial charge is 0.392 e. The van der Waals surface area contributed by atoms with Crippen LogP contribution in [0.25, 0.3) is 0 Å². The molecule has 1 unspecified atom stereocenters. The molecule has 0 radical (unpaired) electrons. The van der Waals surface area contributed by atoms with Crippen LogP contribution in [0.3, 0.4) is 0 Å². The molecule has 0 saturated heterocycles. The van der Waals surface area contributed by atoms with E-state index in [0.29, 0.717) is 11.8 Å². The fraction of sp³-hybridized carbons (Fsp3) is 1.00. The minimum atomic E-state index is -0.254. The van der Waals surface area contributed by atoms with Crippen LogP contribution in [0.1, 0.15) is 33.1 Å². The van der Waals surface area contributed by atoms with Crippen molar-refractivity contribution in [2.24, 2.45) is 17.6 Å². The molecule has 0 aliphatic heterocycles. The van der Waals surface area contributed by atoms with Gasteiger partial charge in [0.05, 0.1) is 6.10 Å². The van der Waals surface area contributed by atoms with E-state index in [9.17, 15) is 5.11 Å². The Bertz CT molecular complexity index is 125. The molecule has 1 aliphatic carbocycles. The van der Waals surface area contributed by atoms with E-state index in [1.54, 1.807) is 0 Å². The first-order valence-corrected chi connectivity index (χ1v) is 4.55. The Hall–Kier alpha value is -0.0800. The Kier molecular flexibility index (Phi) is 2.90. The summed E-state index contributed by atoms with van der Waals surface area (Å²) >= 11 is 0. The van der Waals surface area contributed by atoms with Crippen LogP contribution in [0.5, 0.6) is 0 Å². The SMILES string of the molecule is CC(C)[C@H]1CC[C@H](N)C(O)C1. The third-order valence-corrected chi connectivity index (χ3v) is 2.85. The Balaban J connectivity index is 2.40. The number of nitrogens with two attached hydrogens (primary N) is 1. The Morgan fingerprint density at radius 2 is 2.00 bits per heavy atom. The van der Waals surface area contributed by atoms with E-state index in [1.165, 1.54) is 6.42 Å². The van der Waals surface area contributed by atoms with E-state index in [0.717, 1.165) is 12.8 Å². The molecule has 1 fully saturated rings. The number of aliphatic hydroxyl groups excluding tert-OH is 1. The summed E-state index contributed by atoms with van der Waals surface area (Å²) in [7, 11) is 0. The summed E-state index contributed by atoms with van der Waals surface area (Å²) in [6.07, 6.45) is 2.83. The van der Waals surface area contributed by atoms with Crippen molar-refractivity contribution in [2.75, 3.05) is 0 Å². The highest BCUT2D eigenvalue weighted by atomic mass is 16.3. The molecule has 1 rings (SSSR count). The van der Waals surface area contributed by atoms with Crippen LogP contribution in [0.2, 0.25) is 0 Å². The van der Waals surface area contributed by atoms with Crippen molar-refractivity contribution in [1.29, 1.82) is 0 Å². The van der Waals surface area contributed by atoms with Gasteiger partial charge in [0.15, 0.2) is 0 Å². The summed E-state index contributed by atoms with van der Waals surface area (Å²) in [5.41, 5.74) is 5.69. The Morgan fingerprint density at radius 1 is 1.36 bits per heavy atom. The van der Waals surface area contributed by atoms with E-state index in [1.807, 2.05) is 0 Å². The molecular formula is C9H19NO. The molecule has 0 bridgehead atoms. The lowest BCUT2D eigenvalue weighted by atomic mass is 9.78. The van der Waals surface area contributed by atoms with Crippen molar-refractivity contribution in [1.82, 2.24) is 0 Å². The van der Waals surface area contributed by atoms with Crippen molar-refractivity contribution in [3.63, 3.8) is 0 Å². The van der Waals surface area contributed by atoms with Crippen LogP contribution in [-0.4, -0.2) is 17.3 Å². The molecule has 0 aromatic heterocycles. The lowest BCUT2D eigenvalue weighted by Gasteiger charge is -2.32. The number of hydrogen-bond acceptors (Lipinski definition) is 2. The number of aliphatic hydroxyl groups is 1. The lowest BCUT2D eigenvalue weighted by Crippen LogP contribution is -2.41. The van der Waals surface area contributed by atoms with E-state index in [2.05, 4.69) is 13.8 Å². The zero-order valence-corrected chi connectivity index (χ0v) is 7.46. The average molecular weight is 157 g/mol. The highest BCUT2D eigenvalue weighted by Crippen LogP contribution is 2.29. The van der Waals surface area contributed by atoms with Gasteiger partial charge >= 0.3 is 0 Å². The van der Waals surface area contributed by atoms with E-state index in [4.69, 9.17) is 5.73 Å². The van der Waals surface area contributed by atoms with Crippen LogP contribution in [-0.2, 0) is 0 Å². The molecule has 66 valence electrons. The monoisotopic (exact) mass is 157 g/mol. The van der Waals surface area contributed by atoms with Crippen molar-refractivity contribution in [2.45, 2.75) is 45.3 Å². The van der Waals surface area contributed by atoms with Crippen LogP contribution in [0.4, 0.5) is 0 Å². The molecule has 0 amide bonds. The predicted molar refractivity (Wildman–Crippen MR) is 46.2 cm³/mol. The molecule has 0 aromatic carbocycles. The average Bonchev–Trinajstić information content (AvgIpc) is 1.94. The molecule has 1 saturated carbocycles. The summed E-state index contributed by atoms with van der Waals surface area (Å²) in [6.45, 7) is 4.43. The molecule has 3 N–H and O–H groups in total. The van der Waals surface area contributed by atoms with Crippen molar-refractivity contribution < 1.29 is 5.11 Å². The maximum Gasteiger partial charge on any atom is 0.0693 e. The molecule has 3 atom stereocenters. The minimum Gasteiger partial charge on any atom is -0.392 e.